The second-order valence-corrected chi connectivity index (χ2v) is 8.75. The Balaban J connectivity index is 1.79. The van der Waals surface area contributed by atoms with Crippen LogP contribution in [0.1, 0.15) is 11.1 Å². The molecule has 29 heavy (non-hydrogen) atoms. The number of anilines is 1. The van der Waals surface area contributed by atoms with Crippen LogP contribution in [-0.2, 0) is 15.7 Å². The van der Waals surface area contributed by atoms with Gasteiger partial charge in [-0.2, -0.15) is 0 Å². The van der Waals surface area contributed by atoms with Crippen LogP contribution in [0.25, 0.3) is 0 Å². The molecule has 0 fully saturated rings. The maximum absolute atomic E-state index is 11.6. The first-order chi connectivity index (χ1) is 13.8. The number of hydrogen-bond donors (Lipinski definition) is 2. The van der Waals surface area contributed by atoms with Crippen molar-refractivity contribution in [2.45, 2.75) is 10.6 Å². The fraction of sp³-hybridized carbons (Fsp3) is 0.0952. The molecule has 1 heterocycles. The van der Waals surface area contributed by atoms with Crippen LogP contribution in [0.15, 0.2) is 88.8 Å². The third-order valence-corrected chi connectivity index (χ3v) is 5.92. The van der Waals surface area contributed by atoms with Gasteiger partial charge in [0.1, 0.15) is 5.84 Å². The van der Waals surface area contributed by atoms with E-state index >= 15 is 0 Å². The van der Waals surface area contributed by atoms with E-state index in [0.717, 1.165) is 5.56 Å². The molecule has 0 aromatic heterocycles. The fourth-order valence-electron chi connectivity index (χ4n) is 3.28. The number of halogens is 1. The lowest BCUT2D eigenvalue weighted by atomic mass is 10.0. The summed E-state index contributed by atoms with van der Waals surface area (Å²) in [5.74, 6) is 0.552. The molecule has 1 unspecified atom stereocenters. The van der Waals surface area contributed by atoms with Crippen LogP contribution in [0.2, 0.25) is 5.02 Å². The monoisotopic (exact) mass is 427 g/mol. The Morgan fingerprint density at radius 2 is 1.59 bits per heavy atom. The summed E-state index contributed by atoms with van der Waals surface area (Å²) in [6, 6.07) is 22.5. The van der Waals surface area contributed by atoms with Crippen LogP contribution in [0.5, 0.6) is 0 Å². The summed E-state index contributed by atoms with van der Waals surface area (Å²) < 4.78 is 23.1. The molecule has 0 amide bonds. The largest absolute Gasteiger partial charge is 0.364 e. The molecule has 0 spiro atoms. The summed E-state index contributed by atoms with van der Waals surface area (Å²) in [7, 11) is -3.79. The first-order valence-corrected chi connectivity index (χ1v) is 10.7. The molecule has 0 bridgehead atoms. The standard InChI is InChI=1S/C21H18ClN3O3S/c22-17-8-6-15(7-9-17)20-24-21(26,16-4-2-1-3-5-16)14-25(20)18-10-12-19(13-11-18)29(23,27)28/h1-13,26H,14H2,(H2,23,27,28). The van der Waals surface area contributed by atoms with Gasteiger partial charge in [0.25, 0.3) is 0 Å². The van der Waals surface area contributed by atoms with Crippen molar-refractivity contribution >= 4 is 33.1 Å². The summed E-state index contributed by atoms with van der Waals surface area (Å²) in [5.41, 5.74) is 0.666. The molecule has 4 rings (SSSR count). The highest BCUT2D eigenvalue weighted by Crippen LogP contribution is 2.35. The molecule has 1 atom stereocenters. The minimum absolute atomic E-state index is 0.0174. The Bertz CT molecular complexity index is 1160. The van der Waals surface area contributed by atoms with Crippen LogP contribution in [-0.4, -0.2) is 25.9 Å². The molecule has 3 aromatic rings. The number of β-amino-alcohol motifs (C(OH)–C–C–N with tert-alkyl or cyclic N) is 1. The van der Waals surface area contributed by atoms with Gasteiger partial charge in [-0.15, -0.1) is 0 Å². The van der Waals surface area contributed by atoms with Gasteiger partial charge in [-0.25, -0.2) is 18.5 Å². The molecule has 1 aliphatic rings. The van der Waals surface area contributed by atoms with Crippen molar-refractivity contribution in [3.05, 3.63) is 95.0 Å². The molecule has 3 aromatic carbocycles. The van der Waals surface area contributed by atoms with Gasteiger partial charge in [-0.1, -0.05) is 41.9 Å². The van der Waals surface area contributed by atoms with Gasteiger partial charge in [-0.05, 0) is 48.5 Å². The van der Waals surface area contributed by atoms with E-state index in [1.807, 2.05) is 47.4 Å². The SMILES string of the molecule is NS(=O)(=O)c1ccc(N2CC(O)(c3ccccc3)N=C2c2ccc(Cl)cc2)cc1. The van der Waals surface area contributed by atoms with Crippen molar-refractivity contribution in [2.75, 3.05) is 11.4 Å². The third-order valence-electron chi connectivity index (χ3n) is 4.74. The first-order valence-electron chi connectivity index (χ1n) is 8.80. The Hall–Kier alpha value is -2.71. The zero-order valence-corrected chi connectivity index (χ0v) is 16.8. The molecule has 0 saturated heterocycles. The van der Waals surface area contributed by atoms with Crippen molar-refractivity contribution in [1.29, 1.82) is 0 Å². The Morgan fingerprint density at radius 3 is 2.17 bits per heavy atom. The number of primary sulfonamides is 1. The number of benzene rings is 3. The molecule has 1 aliphatic heterocycles. The van der Waals surface area contributed by atoms with Gasteiger partial charge in [0.2, 0.25) is 15.7 Å². The summed E-state index contributed by atoms with van der Waals surface area (Å²) in [6.45, 7) is 0.170. The van der Waals surface area contributed by atoms with Crippen molar-refractivity contribution in [3.63, 3.8) is 0 Å². The first kappa shape index (κ1) is 19.6. The summed E-state index contributed by atoms with van der Waals surface area (Å²) in [5, 5.41) is 17.1. The van der Waals surface area contributed by atoms with Crippen LogP contribution >= 0.6 is 11.6 Å². The van der Waals surface area contributed by atoms with Gasteiger partial charge in [-0.3, -0.25) is 0 Å². The highest BCUT2D eigenvalue weighted by Gasteiger charge is 2.40. The average Bonchev–Trinajstić information content (AvgIpc) is 3.08. The van der Waals surface area contributed by atoms with Gasteiger partial charge in [0.15, 0.2) is 0 Å². The summed E-state index contributed by atoms with van der Waals surface area (Å²) >= 11 is 6.01. The van der Waals surface area contributed by atoms with E-state index in [2.05, 4.69) is 4.99 Å². The smallest absolute Gasteiger partial charge is 0.238 e. The molecular formula is C21H18ClN3O3S. The van der Waals surface area contributed by atoms with E-state index in [1.165, 1.54) is 12.1 Å². The molecule has 0 radical (unpaired) electrons. The molecule has 0 aliphatic carbocycles. The van der Waals surface area contributed by atoms with Crippen molar-refractivity contribution < 1.29 is 13.5 Å². The second kappa shape index (κ2) is 7.27. The zero-order chi connectivity index (χ0) is 20.6. The maximum Gasteiger partial charge on any atom is 0.238 e. The number of rotatable bonds is 4. The van der Waals surface area contributed by atoms with Crippen LogP contribution in [0, 0.1) is 0 Å². The van der Waals surface area contributed by atoms with Crippen molar-refractivity contribution in [1.82, 2.24) is 0 Å². The fourth-order valence-corrected chi connectivity index (χ4v) is 3.92. The van der Waals surface area contributed by atoms with E-state index in [1.54, 1.807) is 24.3 Å². The number of aliphatic hydroxyl groups is 1. The molecule has 8 heteroatoms. The van der Waals surface area contributed by atoms with E-state index < -0.39 is 15.7 Å². The number of hydrogen-bond acceptors (Lipinski definition) is 5. The minimum Gasteiger partial charge on any atom is -0.364 e. The van der Waals surface area contributed by atoms with Crippen LogP contribution in [0.4, 0.5) is 5.69 Å². The van der Waals surface area contributed by atoms with Gasteiger partial charge >= 0.3 is 0 Å². The lowest BCUT2D eigenvalue weighted by Gasteiger charge is -2.24. The number of aliphatic imine (C=N–C) groups is 1. The Labute approximate surface area is 173 Å². The minimum atomic E-state index is -3.79. The number of nitrogens with zero attached hydrogens (tertiary/aromatic N) is 2. The molecule has 6 nitrogen and oxygen atoms in total. The number of amidine groups is 1. The van der Waals surface area contributed by atoms with Gasteiger partial charge < -0.3 is 10.0 Å². The molecule has 3 N–H and O–H groups in total. The Kier molecular flexibility index (Phi) is 4.92. The van der Waals surface area contributed by atoms with Crippen LogP contribution < -0.4 is 10.0 Å². The molecule has 148 valence electrons. The molecular weight excluding hydrogens is 410 g/mol. The topological polar surface area (TPSA) is 96.0 Å². The number of sulfonamides is 1. The average molecular weight is 428 g/mol. The predicted octanol–water partition coefficient (Wildman–Crippen LogP) is 3.10. The zero-order valence-electron chi connectivity index (χ0n) is 15.2. The third kappa shape index (κ3) is 3.90. The number of nitrogens with two attached hydrogens (primary N) is 1. The van der Waals surface area contributed by atoms with Crippen molar-refractivity contribution in [2.24, 2.45) is 10.1 Å². The lowest BCUT2D eigenvalue weighted by Crippen LogP contribution is -2.34. The van der Waals surface area contributed by atoms with E-state index in [-0.39, 0.29) is 11.4 Å². The van der Waals surface area contributed by atoms with E-state index in [0.29, 0.717) is 22.1 Å². The van der Waals surface area contributed by atoms with E-state index in [9.17, 15) is 13.5 Å². The second-order valence-electron chi connectivity index (χ2n) is 6.75. The summed E-state index contributed by atoms with van der Waals surface area (Å²) in [6.07, 6.45) is 0. The highest BCUT2D eigenvalue weighted by atomic mass is 35.5. The van der Waals surface area contributed by atoms with Crippen molar-refractivity contribution in [3.8, 4) is 0 Å². The highest BCUT2D eigenvalue weighted by molar-refractivity contribution is 7.89. The predicted molar refractivity (Wildman–Crippen MR) is 113 cm³/mol. The van der Waals surface area contributed by atoms with Crippen LogP contribution in [0.3, 0.4) is 0 Å². The quantitative estimate of drug-likeness (QED) is 0.668. The summed E-state index contributed by atoms with van der Waals surface area (Å²) in [4.78, 5) is 6.49. The maximum atomic E-state index is 11.6. The van der Waals surface area contributed by atoms with Gasteiger partial charge in [0.05, 0.1) is 11.4 Å². The molecule has 0 saturated carbocycles. The normalized spacial score (nSPS) is 19.3. The van der Waals surface area contributed by atoms with Gasteiger partial charge in [0, 0.05) is 21.8 Å². The lowest BCUT2D eigenvalue weighted by molar-refractivity contribution is 0.0648. The van der Waals surface area contributed by atoms with E-state index in [4.69, 9.17) is 16.7 Å². The Morgan fingerprint density at radius 1 is 0.966 bits per heavy atom.